The number of rotatable bonds is 4. The Balaban J connectivity index is 1.37. The minimum absolute atomic E-state index is 0.000680. The Morgan fingerprint density at radius 3 is 2.80 bits per heavy atom. The zero-order valence-electron chi connectivity index (χ0n) is 16.1. The normalized spacial score (nSPS) is 16.1. The van der Waals surface area contributed by atoms with Crippen LogP contribution >= 0.6 is 22.7 Å². The maximum Gasteiger partial charge on any atom is 0.265 e. The highest BCUT2D eigenvalue weighted by atomic mass is 32.1. The van der Waals surface area contributed by atoms with Gasteiger partial charge < -0.3 is 10.2 Å². The number of amides is 2. The van der Waals surface area contributed by atoms with Crippen LogP contribution in [0, 0.1) is 0 Å². The van der Waals surface area contributed by atoms with Gasteiger partial charge in [-0.3, -0.25) is 9.59 Å². The Hall–Kier alpha value is -3.03. The Bertz CT molecular complexity index is 1180. The van der Waals surface area contributed by atoms with Crippen molar-refractivity contribution < 1.29 is 9.59 Å². The SMILES string of the molecule is O=C(Nc1cccc(C(=O)N2CCC[C@@H]2c2nc3ccccc3s2)c1)c1cccs1. The van der Waals surface area contributed by atoms with Crippen LogP contribution in [0.4, 0.5) is 5.69 Å². The first kappa shape index (κ1) is 19.0. The Labute approximate surface area is 182 Å². The summed E-state index contributed by atoms with van der Waals surface area (Å²) in [6.07, 6.45) is 1.88. The Kier molecular flexibility index (Phi) is 5.06. The van der Waals surface area contributed by atoms with Gasteiger partial charge in [0.15, 0.2) is 0 Å². The van der Waals surface area contributed by atoms with E-state index in [1.165, 1.54) is 11.3 Å². The highest BCUT2D eigenvalue weighted by molar-refractivity contribution is 7.18. The minimum atomic E-state index is -0.164. The van der Waals surface area contributed by atoms with E-state index in [0.717, 1.165) is 28.1 Å². The fourth-order valence-corrected chi connectivity index (χ4v) is 5.53. The van der Waals surface area contributed by atoms with E-state index in [1.54, 1.807) is 41.7 Å². The fourth-order valence-electron chi connectivity index (χ4n) is 3.80. The molecular formula is C23H19N3O2S2. The van der Waals surface area contributed by atoms with Crippen LogP contribution in [0.2, 0.25) is 0 Å². The molecular weight excluding hydrogens is 414 g/mol. The van der Waals surface area contributed by atoms with Gasteiger partial charge in [-0.2, -0.15) is 0 Å². The molecule has 0 spiro atoms. The zero-order valence-corrected chi connectivity index (χ0v) is 17.7. The number of thiazole rings is 1. The van der Waals surface area contributed by atoms with E-state index in [4.69, 9.17) is 4.98 Å². The van der Waals surface area contributed by atoms with Crippen molar-refractivity contribution in [3.05, 3.63) is 81.5 Å². The minimum Gasteiger partial charge on any atom is -0.329 e. The number of hydrogen-bond acceptors (Lipinski definition) is 5. The molecule has 0 bridgehead atoms. The van der Waals surface area contributed by atoms with Gasteiger partial charge in [0.05, 0.1) is 21.1 Å². The summed E-state index contributed by atoms with van der Waals surface area (Å²) in [5.41, 5.74) is 2.18. The molecule has 0 saturated carbocycles. The summed E-state index contributed by atoms with van der Waals surface area (Å²) in [7, 11) is 0. The second kappa shape index (κ2) is 8.01. The number of nitrogens with zero attached hydrogens (tertiary/aromatic N) is 2. The summed E-state index contributed by atoms with van der Waals surface area (Å²) in [6, 6.07) is 18.9. The molecule has 2 amide bonds. The molecule has 1 saturated heterocycles. The lowest BCUT2D eigenvalue weighted by Crippen LogP contribution is -2.30. The maximum atomic E-state index is 13.3. The van der Waals surface area contributed by atoms with Crippen LogP contribution in [0.15, 0.2) is 66.0 Å². The molecule has 0 unspecified atom stereocenters. The summed E-state index contributed by atoms with van der Waals surface area (Å²) >= 11 is 3.05. The molecule has 30 heavy (non-hydrogen) atoms. The van der Waals surface area contributed by atoms with Crippen LogP contribution in [-0.2, 0) is 0 Å². The van der Waals surface area contributed by atoms with Crippen LogP contribution < -0.4 is 5.32 Å². The van der Waals surface area contributed by atoms with Gasteiger partial charge in [0, 0.05) is 17.8 Å². The average molecular weight is 434 g/mol. The van der Waals surface area contributed by atoms with E-state index in [9.17, 15) is 9.59 Å². The first-order chi connectivity index (χ1) is 14.7. The van der Waals surface area contributed by atoms with Gasteiger partial charge in [0.25, 0.3) is 11.8 Å². The summed E-state index contributed by atoms with van der Waals surface area (Å²) in [6.45, 7) is 0.713. The second-order valence-corrected chi connectivity index (χ2v) is 9.20. The third-order valence-corrected chi connectivity index (χ3v) is 7.23. The molecule has 0 radical (unpaired) electrons. The third kappa shape index (κ3) is 3.62. The molecule has 7 heteroatoms. The number of aromatic nitrogens is 1. The van der Waals surface area contributed by atoms with Crippen molar-refractivity contribution in [3.63, 3.8) is 0 Å². The number of nitrogens with one attached hydrogen (secondary N) is 1. The van der Waals surface area contributed by atoms with Gasteiger partial charge >= 0.3 is 0 Å². The van der Waals surface area contributed by atoms with E-state index in [2.05, 4.69) is 11.4 Å². The number of fused-ring (bicyclic) bond motifs is 1. The van der Waals surface area contributed by atoms with Gasteiger partial charge in [-0.1, -0.05) is 24.3 Å². The van der Waals surface area contributed by atoms with Crippen molar-refractivity contribution in [1.82, 2.24) is 9.88 Å². The van der Waals surface area contributed by atoms with Gasteiger partial charge in [-0.05, 0) is 54.6 Å². The molecule has 5 rings (SSSR count). The first-order valence-corrected chi connectivity index (χ1v) is 11.5. The van der Waals surface area contributed by atoms with Crippen LogP contribution in [0.5, 0.6) is 0 Å². The van der Waals surface area contributed by atoms with E-state index in [0.29, 0.717) is 22.7 Å². The summed E-state index contributed by atoms with van der Waals surface area (Å²) < 4.78 is 1.14. The second-order valence-electron chi connectivity index (χ2n) is 7.19. The molecule has 150 valence electrons. The number of thiophene rings is 1. The number of likely N-dealkylation sites (tertiary alicyclic amines) is 1. The third-order valence-electron chi connectivity index (χ3n) is 5.22. The van der Waals surface area contributed by atoms with E-state index >= 15 is 0 Å². The van der Waals surface area contributed by atoms with E-state index < -0.39 is 0 Å². The predicted molar refractivity (Wildman–Crippen MR) is 121 cm³/mol. The van der Waals surface area contributed by atoms with Crippen molar-refractivity contribution in [2.75, 3.05) is 11.9 Å². The van der Waals surface area contributed by atoms with Crippen molar-refractivity contribution in [1.29, 1.82) is 0 Å². The number of carbonyl (C=O) groups is 2. The van der Waals surface area contributed by atoms with Crippen LogP contribution in [0.25, 0.3) is 10.2 Å². The molecule has 1 aliphatic rings. The van der Waals surface area contributed by atoms with Crippen molar-refractivity contribution in [2.24, 2.45) is 0 Å². The topological polar surface area (TPSA) is 62.3 Å². The summed E-state index contributed by atoms with van der Waals surface area (Å²) in [5, 5.41) is 5.74. The Morgan fingerprint density at radius 1 is 1.07 bits per heavy atom. The lowest BCUT2D eigenvalue weighted by Gasteiger charge is -2.23. The number of carbonyl (C=O) groups excluding carboxylic acids is 2. The molecule has 1 aliphatic heterocycles. The van der Waals surface area contributed by atoms with Gasteiger partial charge in [0.1, 0.15) is 5.01 Å². The van der Waals surface area contributed by atoms with Crippen LogP contribution in [0.3, 0.4) is 0 Å². The van der Waals surface area contributed by atoms with Crippen molar-refractivity contribution in [3.8, 4) is 0 Å². The van der Waals surface area contributed by atoms with Gasteiger partial charge in [0.2, 0.25) is 0 Å². The molecule has 5 nitrogen and oxygen atoms in total. The quantitative estimate of drug-likeness (QED) is 0.456. The number of anilines is 1. The van der Waals surface area contributed by atoms with Crippen molar-refractivity contribution >= 4 is 50.4 Å². The maximum absolute atomic E-state index is 13.3. The summed E-state index contributed by atoms with van der Waals surface area (Å²) in [4.78, 5) is 33.0. The smallest absolute Gasteiger partial charge is 0.265 e. The zero-order chi connectivity index (χ0) is 20.5. The largest absolute Gasteiger partial charge is 0.329 e. The van der Waals surface area contributed by atoms with Crippen molar-refractivity contribution in [2.45, 2.75) is 18.9 Å². The Morgan fingerprint density at radius 2 is 1.97 bits per heavy atom. The molecule has 1 fully saturated rings. The lowest BCUT2D eigenvalue weighted by molar-refractivity contribution is 0.0735. The fraction of sp³-hybridized carbons (Fsp3) is 0.174. The molecule has 0 aliphatic carbocycles. The molecule has 4 aromatic rings. The van der Waals surface area contributed by atoms with Crippen LogP contribution in [-0.4, -0.2) is 28.2 Å². The predicted octanol–water partition coefficient (Wildman–Crippen LogP) is 5.59. The number of benzene rings is 2. The lowest BCUT2D eigenvalue weighted by atomic mass is 10.1. The number of hydrogen-bond donors (Lipinski definition) is 1. The average Bonchev–Trinajstić information content (AvgIpc) is 3.53. The number of para-hydroxylation sites is 1. The van der Waals surface area contributed by atoms with Gasteiger partial charge in [-0.15, -0.1) is 22.7 Å². The van der Waals surface area contributed by atoms with Gasteiger partial charge in [-0.25, -0.2) is 4.98 Å². The molecule has 2 aromatic heterocycles. The summed E-state index contributed by atoms with van der Waals surface area (Å²) in [5.74, 6) is -0.188. The first-order valence-electron chi connectivity index (χ1n) is 9.80. The van der Waals surface area contributed by atoms with Crippen LogP contribution in [0.1, 0.15) is 43.9 Å². The molecule has 3 heterocycles. The standard InChI is InChI=1S/C23H19N3O2S2/c27-21(20-11-5-13-29-20)24-16-7-3-6-15(14-16)23(28)26-12-4-9-18(26)22-25-17-8-1-2-10-19(17)30-22/h1-3,5-8,10-11,13-14,18H,4,9,12H2,(H,24,27)/t18-/m1/s1. The highest BCUT2D eigenvalue weighted by Crippen LogP contribution is 2.37. The molecule has 1 N–H and O–H groups in total. The highest BCUT2D eigenvalue weighted by Gasteiger charge is 2.32. The monoisotopic (exact) mass is 433 g/mol. The molecule has 2 aromatic carbocycles. The molecule has 1 atom stereocenters. The van der Waals surface area contributed by atoms with E-state index in [1.807, 2.05) is 34.5 Å². The van der Waals surface area contributed by atoms with E-state index in [-0.39, 0.29) is 17.9 Å².